The first kappa shape index (κ1) is 13.4. The van der Waals surface area contributed by atoms with E-state index in [1.165, 1.54) is 6.07 Å². The number of pyridine rings is 1. The van der Waals surface area contributed by atoms with Crippen LogP contribution in [-0.2, 0) is 6.54 Å². The molecule has 1 aromatic carbocycles. The quantitative estimate of drug-likeness (QED) is 0.899. The number of hydrogen-bond acceptors (Lipinski definition) is 3. The Bertz CT molecular complexity index is 597. The maximum Gasteiger partial charge on any atom is 0.337 e. The number of halogens is 1. The van der Waals surface area contributed by atoms with Crippen molar-refractivity contribution in [3.8, 4) is 0 Å². The maximum atomic E-state index is 11.1. The van der Waals surface area contributed by atoms with E-state index >= 15 is 0 Å². The molecule has 0 bridgehead atoms. The molecule has 0 amide bonds. The van der Waals surface area contributed by atoms with Gasteiger partial charge < -0.3 is 10.4 Å². The minimum atomic E-state index is -0.985. The molecule has 0 spiro atoms. The molecule has 5 heteroatoms. The van der Waals surface area contributed by atoms with Crippen molar-refractivity contribution in [2.24, 2.45) is 0 Å². The summed E-state index contributed by atoms with van der Waals surface area (Å²) >= 11 is 5.88. The van der Waals surface area contributed by atoms with Crippen LogP contribution in [0, 0.1) is 6.92 Å². The van der Waals surface area contributed by atoms with Gasteiger partial charge in [0, 0.05) is 23.5 Å². The lowest BCUT2D eigenvalue weighted by molar-refractivity contribution is 0.0698. The van der Waals surface area contributed by atoms with Gasteiger partial charge in [-0.1, -0.05) is 17.7 Å². The normalized spacial score (nSPS) is 10.2. The number of benzene rings is 1. The molecule has 0 aliphatic rings. The summed E-state index contributed by atoms with van der Waals surface area (Å²) in [4.78, 5) is 15.3. The van der Waals surface area contributed by atoms with E-state index in [1.54, 1.807) is 18.3 Å². The van der Waals surface area contributed by atoms with Gasteiger partial charge >= 0.3 is 5.97 Å². The molecule has 0 radical (unpaired) electrons. The van der Waals surface area contributed by atoms with Crippen LogP contribution in [0.3, 0.4) is 0 Å². The summed E-state index contributed by atoms with van der Waals surface area (Å²) in [5, 5.41) is 12.7. The van der Waals surface area contributed by atoms with Crippen molar-refractivity contribution >= 4 is 23.3 Å². The lowest BCUT2D eigenvalue weighted by atomic mass is 10.1. The molecule has 98 valence electrons. The number of hydrogen-bond donors (Lipinski definition) is 2. The van der Waals surface area contributed by atoms with E-state index in [0.29, 0.717) is 17.3 Å². The molecule has 0 aliphatic carbocycles. The third-order valence-electron chi connectivity index (χ3n) is 2.67. The van der Waals surface area contributed by atoms with Crippen LogP contribution in [0.5, 0.6) is 0 Å². The van der Waals surface area contributed by atoms with Crippen molar-refractivity contribution in [2.45, 2.75) is 13.5 Å². The first-order valence-corrected chi connectivity index (χ1v) is 6.12. The van der Waals surface area contributed by atoms with Crippen LogP contribution in [0.4, 0.5) is 5.69 Å². The predicted octanol–water partition coefficient (Wildman–Crippen LogP) is 3.35. The molecule has 1 aromatic heterocycles. The Morgan fingerprint density at radius 1 is 1.37 bits per heavy atom. The van der Waals surface area contributed by atoms with Gasteiger partial charge in [0.1, 0.15) is 0 Å². The first-order valence-electron chi connectivity index (χ1n) is 5.74. The fourth-order valence-electron chi connectivity index (χ4n) is 1.65. The molecule has 1 heterocycles. The second kappa shape index (κ2) is 5.71. The molecule has 2 aromatic rings. The zero-order valence-corrected chi connectivity index (χ0v) is 11.1. The number of nitrogens with one attached hydrogen (secondary N) is 1. The van der Waals surface area contributed by atoms with E-state index in [4.69, 9.17) is 16.7 Å². The second-order valence-corrected chi connectivity index (χ2v) is 4.59. The van der Waals surface area contributed by atoms with Crippen LogP contribution in [0.15, 0.2) is 36.5 Å². The molecule has 0 atom stereocenters. The third kappa shape index (κ3) is 3.45. The standard InChI is InChI=1S/C14H13ClN2O2/c1-9-2-3-10(7-16-9)8-17-13-6-11(15)4-5-12(13)14(18)19/h2-7,17H,8H2,1H3,(H,18,19). The first-order chi connectivity index (χ1) is 9.06. The lowest BCUT2D eigenvalue weighted by Crippen LogP contribution is -2.06. The Hall–Kier alpha value is -2.07. The number of anilines is 1. The Morgan fingerprint density at radius 3 is 2.79 bits per heavy atom. The van der Waals surface area contributed by atoms with Gasteiger partial charge in [0.05, 0.1) is 11.3 Å². The second-order valence-electron chi connectivity index (χ2n) is 4.16. The minimum absolute atomic E-state index is 0.199. The van der Waals surface area contributed by atoms with Crippen molar-refractivity contribution in [3.63, 3.8) is 0 Å². The van der Waals surface area contributed by atoms with E-state index in [9.17, 15) is 4.79 Å². The number of rotatable bonds is 4. The van der Waals surface area contributed by atoms with Crippen LogP contribution in [-0.4, -0.2) is 16.1 Å². The Balaban J connectivity index is 2.16. The van der Waals surface area contributed by atoms with Gasteiger partial charge in [-0.15, -0.1) is 0 Å². The fraction of sp³-hybridized carbons (Fsp3) is 0.143. The summed E-state index contributed by atoms with van der Waals surface area (Å²) in [5.74, 6) is -0.985. The van der Waals surface area contributed by atoms with Crippen LogP contribution in [0.25, 0.3) is 0 Å². The van der Waals surface area contributed by atoms with Crippen LogP contribution >= 0.6 is 11.6 Å². The molecule has 2 N–H and O–H groups in total. The van der Waals surface area contributed by atoms with Gasteiger partial charge in [0.15, 0.2) is 0 Å². The van der Waals surface area contributed by atoms with E-state index in [2.05, 4.69) is 10.3 Å². The van der Waals surface area contributed by atoms with E-state index in [1.807, 2.05) is 19.1 Å². The van der Waals surface area contributed by atoms with Gasteiger partial charge in [-0.25, -0.2) is 4.79 Å². The van der Waals surface area contributed by atoms with Gasteiger partial charge in [-0.05, 0) is 36.8 Å². The largest absolute Gasteiger partial charge is 0.478 e. The summed E-state index contributed by atoms with van der Waals surface area (Å²) in [7, 11) is 0. The summed E-state index contributed by atoms with van der Waals surface area (Å²) in [5.41, 5.74) is 2.62. The van der Waals surface area contributed by atoms with Gasteiger partial charge in [0.25, 0.3) is 0 Å². The van der Waals surface area contributed by atoms with E-state index < -0.39 is 5.97 Å². The number of carboxylic acids is 1. The van der Waals surface area contributed by atoms with Crippen molar-refractivity contribution in [1.82, 2.24) is 4.98 Å². The number of carboxylic acid groups (broad SMARTS) is 1. The maximum absolute atomic E-state index is 11.1. The average molecular weight is 277 g/mol. The molecular weight excluding hydrogens is 264 g/mol. The topological polar surface area (TPSA) is 62.2 Å². The van der Waals surface area contributed by atoms with E-state index in [0.717, 1.165) is 11.3 Å². The highest BCUT2D eigenvalue weighted by molar-refractivity contribution is 6.31. The third-order valence-corrected chi connectivity index (χ3v) is 2.90. The predicted molar refractivity (Wildman–Crippen MR) is 74.7 cm³/mol. The lowest BCUT2D eigenvalue weighted by Gasteiger charge is -2.10. The molecule has 0 aliphatic heterocycles. The molecule has 0 saturated heterocycles. The van der Waals surface area contributed by atoms with Crippen molar-refractivity contribution in [2.75, 3.05) is 5.32 Å². The number of aryl methyl sites for hydroxylation is 1. The number of carbonyl (C=O) groups is 1. The zero-order valence-electron chi connectivity index (χ0n) is 10.4. The van der Waals surface area contributed by atoms with Gasteiger partial charge in [-0.3, -0.25) is 4.98 Å². The van der Waals surface area contributed by atoms with Crippen LogP contribution < -0.4 is 5.32 Å². The number of aromatic carboxylic acids is 1. The zero-order chi connectivity index (χ0) is 13.8. The smallest absolute Gasteiger partial charge is 0.337 e. The Labute approximate surface area is 116 Å². The van der Waals surface area contributed by atoms with Gasteiger partial charge in [0.2, 0.25) is 0 Å². The highest BCUT2D eigenvalue weighted by Crippen LogP contribution is 2.21. The molecular formula is C14H13ClN2O2. The van der Waals surface area contributed by atoms with Gasteiger partial charge in [-0.2, -0.15) is 0 Å². The van der Waals surface area contributed by atoms with Crippen LogP contribution in [0.2, 0.25) is 5.02 Å². The molecule has 4 nitrogen and oxygen atoms in total. The number of nitrogens with zero attached hydrogens (tertiary/aromatic N) is 1. The highest BCUT2D eigenvalue weighted by Gasteiger charge is 2.10. The fourth-order valence-corrected chi connectivity index (χ4v) is 1.82. The Morgan fingerprint density at radius 2 is 2.16 bits per heavy atom. The monoisotopic (exact) mass is 276 g/mol. The summed E-state index contributed by atoms with van der Waals surface area (Å²) in [6.07, 6.45) is 1.76. The van der Waals surface area contributed by atoms with Crippen molar-refractivity contribution < 1.29 is 9.90 Å². The van der Waals surface area contributed by atoms with Crippen molar-refractivity contribution in [1.29, 1.82) is 0 Å². The highest BCUT2D eigenvalue weighted by atomic mass is 35.5. The molecule has 2 rings (SSSR count). The van der Waals surface area contributed by atoms with Crippen LogP contribution in [0.1, 0.15) is 21.6 Å². The average Bonchev–Trinajstić information content (AvgIpc) is 2.38. The molecule has 19 heavy (non-hydrogen) atoms. The summed E-state index contributed by atoms with van der Waals surface area (Å²) < 4.78 is 0. The van der Waals surface area contributed by atoms with Crippen molar-refractivity contribution in [3.05, 3.63) is 58.4 Å². The number of aromatic nitrogens is 1. The minimum Gasteiger partial charge on any atom is -0.478 e. The SMILES string of the molecule is Cc1ccc(CNc2cc(Cl)ccc2C(=O)O)cn1. The molecule has 0 fully saturated rings. The molecule has 0 unspecified atom stereocenters. The van der Waals surface area contributed by atoms with E-state index in [-0.39, 0.29) is 5.56 Å². The molecule has 0 saturated carbocycles. The summed E-state index contributed by atoms with van der Waals surface area (Å²) in [6, 6.07) is 8.50. The Kier molecular flexibility index (Phi) is 4.02. The summed E-state index contributed by atoms with van der Waals surface area (Å²) in [6.45, 7) is 2.41.